The Morgan fingerprint density at radius 3 is 2.55 bits per heavy atom. The zero-order chi connectivity index (χ0) is 7.84. The standard InChI is InChI=1S/C9H13NO/c10-8-4-3-7(5-8)9(11)6-1-2-6/h3-4,6-8H,1-2,5,10H2. The first-order chi connectivity index (χ1) is 5.27. The molecule has 60 valence electrons. The highest BCUT2D eigenvalue weighted by Crippen LogP contribution is 2.35. The average molecular weight is 151 g/mol. The van der Waals surface area contributed by atoms with Gasteiger partial charge in [0.2, 0.25) is 0 Å². The van der Waals surface area contributed by atoms with Gasteiger partial charge in [0.25, 0.3) is 0 Å². The van der Waals surface area contributed by atoms with Crippen LogP contribution in [0.15, 0.2) is 12.2 Å². The molecule has 2 N–H and O–H groups in total. The lowest BCUT2D eigenvalue weighted by Crippen LogP contribution is -2.19. The van der Waals surface area contributed by atoms with Crippen LogP contribution in [-0.2, 0) is 4.79 Å². The number of nitrogens with two attached hydrogens (primary N) is 1. The van der Waals surface area contributed by atoms with Gasteiger partial charge in [-0.1, -0.05) is 12.2 Å². The fraction of sp³-hybridized carbons (Fsp3) is 0.667. The summed E-state index contributed by atoms with van der Waals surface area (Å²) in [5, 5.41) is 0. The smallest absolute Gasteiger partial charge is 0.142 e. The minimum Gasteiger partial charge on any atom is -0.324 e. The van der Waals surface area contributed by atoms with E-state index in [4.69, 9.17) is 5.73 Å². The van der Waals surface area contributed by atoms with Crippen LogP contribution in [-0.4, -0.2) is 11.8 Å². The maximum Gasteiger partial charge on any atom is 0.142 e. The highest BCUT2D eigenvalue weighted by molar-refractivity contribution is 5.87. The van der Waals surface area contributed by atoms with Gasteiger partial charge in [0.05, 0.1) is 0 Å². The second-order valence-corrected chi connectivity index (χ2v) is 3.57. The SMILES string of the molecule is NC1C=CC(C(=O)C2CC2)C1. The normalized spacial score (nSPS) is 36.1. The van der Waals surface area contributed by atoms with E-state index >= 15 is 0 Å². The lowest BCUT2D eigenvalue weighted by atomic mass is 9.99. The van der Waals surface area contributed by atoms with Crippen LogP contribution < -0.4 is 5.73 Å². The third-order valence-electron chi connectivity index (χ3n) is 2.46. The summed E-state index contributed by atoms with van der Waals surface area (Å²) in [6.45, 7) is 0. The lowest BCUT2D eigenvalue weighted by Gasteiger charge is -2.05. The second kappa shape index (κ2) is 2.45. The summed E-state index contributed by atoms with van der Waals surface area (Å²) < 4.78 is 0. The van der Waals surface area contributed by atoms with Gasteiger partial charge in [0.15, 0.2) is 0 Å². The molecule has 1 fully saturated rings. The van der Waals surface area contributed by atoms with Crippen molar-refractivity contribution in [2.75, 3.05) is 0 Å². The van der Waals surface area contributed by atoms with E-state index in [1.165, 1.54) is 0 Å². The molecule has 0 aromatic heterocycles. The molecule has 0 aromatic carbocycles. The van der Waals surface area contributed by atoms with E-state index in [2.05, 4.69) is 0 Å². The van der Waals surface area contributed by atoms with Gasteiger partial charge >= 0.3 is 0 Å². The van der Waals surface area contributed by atoms with Crippen molar-refractivity contribution in [1.82, 2.24) is 0 Å². The van der Waals surface area contributed by atoms with Crippen LogP contribution in [0, 0.1) is 11.8 Å². The number of rotatable bonds is 2. The largest absolute Gasteiger partial charge is 0.324 e. The van der Waals surface area contributed by atoms with Gasteiger partial charge < -0.3 is 5.73 Å². The maximum atomic E-state index is 11.4. The van der Waals surface area contributed by atoms with Crippen molar-refractivity contribution < 1.29 is 4.79 Å². The second-order valence-electron chi connectivity index (χ2n) is 3.57. The molecule has 2 rings (SSSR count). The first-order valence-corrected chi connectivity index (χ1v) is 4.25. The van der Waals surface area contributed by atoms with Crippen molar-refractivity contribution in [2.24, 2.45) is 17.6 Å². The minimum atomic E-state index is 0.127. The van der Waals surface area contributed by atoms with E-state index in [0.717, 1.165) is 19.3 Å². The van der Waals surface area contributed by atoms with Crippen LogP contribution in [0.4, 0.5) is 0 Å². The molecule has 2 unspecified atom stereocenters. The molecule has 0 amide bonds. The molecule has 0 saturated heterocycles. The van der Waals surface area contributed by atoms with Gasteiger partial charge in [-0.3, -0.25) is 4.79 Å². The third-order valence-corrected chi connectivity index (χ3v) is 2.46. The zero-order valence-corrected chi connectivity index (χ0v) is 6.49. The van der Waals surface area contributed by atoms with E-state index in [-0.39, 0.29) is 12.0 Å². The highest BCUT2D eigenvalue weighted by atomic mass is 16.1. The topological polar surface area (TPSA) is 43.1 Å². The Hall–Kier alpha value is -0.630. The molecule has 0 aliphatic heterocycles. The number of Topliss-reactive ketones (excluding diaryl/α,β-unsaturated/α-hetero) is 1. The van der Waals surface area contributed by atoms with Crippen molar-refractivity contribution in [3.05, 3.63) is 12.2 Å². The summed E-state index contributed by atoms with van der Waals surface area (Å²) >= 11 is 0. The summed E-state index contributed by atoms with van der Waals surface area (Å²) in [7, 11) is 0. The first kappa shape index (κ1) is 7.04. The Morgan fingerprint density at radius 2 is 2.09 bits per heavy atom. The van der Waals surface area contributed by atoms with E-state index in [9.17, 15) is 4.79 Å². The number of hydrogen-bond donors (Lipinski definition) is 1. The number of allylic oxidation sites excluding steroid dienone is 1. The molecule has 1 saturated carbocycles. The maximum absolute atomic E-state index is 11.4. The Kier molecular flexibility index (Phi) is 1.57. The van der Waals surface area contributed by atoms with Crippen molar-refractivity contribution in [3.8, 4) is 0 Å². The van der Waals surface area contributed by atoms with Gasteiger partial charge in [-0.25, -0.2) is 0 Å². The molecule has 0 bridgehead atoms. The number of hydrogen-bond acceptors (Lipinski definition) is 2. The molecular weight excluding hydrogens is 138 g/mol. The quantitative estimate of drug-likeness (QED) is 0.595. The van der Waals surface area contributed by atoms with Crippen molar-refractivity contribution in [1.29, 1.82) is 0 Å². The molecule has 2 atom stereocenters. The summed E-state index contributed by atoms with van der Waals surface area (Å²) in [6, 6.07) is 0.127. The van der Waals surface area contributed by atoms with Crippen LogP contribution in [0.25, 0.3) is 0 Å². The van der Waals surface area contributed by atoms with Gasteiger partial charge in [0, 0.05) is 17.9 Å². The number of carbonyl (C=O) groups excluding carboxylic acids is 1. The molecule has 0 heterocycles. The van der Waals surface area contributed by atoms with Crippen molar-refractivity contribution >= 4 is 5.78 Å². The molecule has 0 aromatic rings. The van der Waals surface area contributed by atoms with Gasteiger partial charge in [-0.2, -0.15) is 0 Å². The summed E-state index contributed by atoms with van der Waals surface area (Å²) in [4.78, 5) is 11.4. The predicted molar refractivity (Wildman–Crippen MR) is 43.0 cm³/mol. The summed E-state index contributed by atoms with van der Waals surface area (Å²) in [6.07, 6.45) is 6.99. The molecular formula is C9H13NO. The van der Waals surface area contributed by atoms with Gasteiger partial charge in [-0.15, -0.1) is 0 Å². The van der Waals surface area contributed by atoms with Crippen LogP contribution >= 0.6 is 0 Å². The lowest BCUT2D eigenvalue weighted by molar-refractivity contribution is -0.122. The molecule has 11 heavy (non-hydrogen) atoms. The van der Waals surface area contributed by atoms with Crippen LogP contribution in [0.2, 0.25) is 0 Å². The minimum absolute atomic E-state index is 0.127. The van der Waals surface area contributed by atoms with Crippen molar-refractivity contribution in [2.45, 2.75) is 25.3 Å². The molecule has 2 heteroatoms. The van der Waals surface area contributed by atoms with Crippen LogP contribution in [0.1, 0.15) is 19.3 Å². The number of carbonyl (C=O) groups is 1. The Morgan fingerprint density at radius 1 is 1.36 bits per heavy atom. The van der Waals surface area contributed by atoms with Crippen LogP contribution in [0.5, 0.6) is 0 Å². The highest BCUT2D eigenvalue weighted by Gasteiger charge is 2.35. The fourth-order valence-corrected chi connectivity index (χ4v) is 1.61. The molecule has 2 aliphatic rings. The van der Waals surface area contributed by atoms with Gasteiger partial charge in [0.1, 0.15) is 5.78 Å². The Balaban J connectivity index is 1.95. The summed E-state index contributed by atoms with van der Waals surface area (Å²) in [5.41, 5.74) is 5.64. The number of ketones is 1. The Labute approximate surface area is 66.5 Å². The van der Waals surface area contributed by atoms with Gasteiger partial charge in [-0.05, 0) is 19.3 Å². The molecule has 2 nitrogen and oxygen atoms in total. The van der Waals surface area contributed by atoms with E-state index in [1.807, 2.05) is 12.2 Å². The van der Waals surface area contributed by atoms with E-state index in [0.29, 0.717) is 11.7 Å². The monoisotopic (exact) mass is 151 g/mol. The predicted octanol–water partition coefficient (Wildman–Crippen LogP) is 0.869. The van der Waals surface area contributed by atoms with E-state index in [1.54, 1.807) is 0 Å². The Bertz CT molecular complexity index is 206. The third kappa shape index (κ3) is 1.36. The first-order valence-electron chi connectivity index (χ1n) is 4.25. The average Bonchev–Trinajstić information content (AvgIpc) is 2.74. The molecule has 2 aliphatic carbocycles. The molecule has 0 spiro atoms. The summed E-state index contributed by atoms with van der Waals surface area (Å²) in [5.74, 6) is 0.960. The van der Waals surface area contributed by atoms with E-state index < -0.39 is 0 Å². The van der Waals surface area contributed by atoms with Crippen LogP contribution in [0.3, 0.4) is 0 Å². The molecule has 0 radical (unpaired) electrons. The zero-order valence-electron chi connectivity index (χ0n) is 6.49. The van der Waals surface area contributed by atoms with Crippen molar-refractivity contribution in [3.63, 3.8) is 0 Å². The fourth-order valence-electron chi connectivity index (χ4n) is 1.61.